The van der Waals surface area contributed by atoms with Crippen molar-refractivity contribution in [1.82, 2.24) is 16.0 Å². The standard InChI is InChI=1S/C21H33N7O6/c1-12(20(33)34)26-18(31)15(8-5-9-25-21(23)24)27-19(32)16(11-29)28-17(30)14(22)10-13-6-3-2-4-7-13/h2-4,6-7,12,14-16,29H,5,8-11,22H2,1H3,(H,26,31)(H,27,32)(H,28,30)(H,33,34)(H4,23,24,25). The average Bonchev–Trinajstić information content (AvgIpc) is 2.79. The highest BCUT2D eigenvalue weighted by Gasteiger charge is 2.29. The maximum Gasteiger partial charge on any atom is 0.325 e. The molecule has 0 aromatic heterocycles. The molecule has 4 atom stereocenters. The largest absolute Gasteiger partial charge is 0.480 e. The number of carboxylic acids is 1. The Bertz CT molecular complexity index is 860. The summed E-state index contributed by atoms with van der Waals surface area (Å²) in [6, 6.07) is 4.31. The quantitative estimate of drug-likeness (QED) is 0.0778. The van der Waals surface area contributed by atoms with Gasteiger partial charge in [-0.15, -0.1) is 0 Å². The van der Waals surface area contributed by atoms with E-state index in [1.807, 2.05) is 6.07 Å². The Morgan fingerprint density at radius 2 is 1.56 bits per heavy atom. The summed E-state index contributed by atoms with van der Waals surface area (Å²) in [5, 5.41) is 25.7. The molecule has 0 aliphatic rings. The van der Waals surface area contributed by atoms with Gasteiger partial charge >= 0.3 is 5.97 Å². The highest BCUT2D eigenvalue weighted by Crippen LogP contribution is 2.04. The van der Waals surface area contributed by atoms with Crippen molar-refractivity contribution in [2.75, 3.05) is 13.2 Å². The molecule has 13 heteroatoms. The Labute approximate surface area is 197 Å². The van der Waals surface area contributed by atoms with Crippen LogP contribution in [-0.4, -0.2) is 77.2 Å². The fourth-order valence-electron chi connectivity index (χ4n) is 2.85. The van der Waals surface area contributed by atoms with Crippen LogP contribution >= 0.6 is 0 Å². The molecular weight excluding hydrogens is 446 g/mol. The molecule has 0 saturated carbocycles. The highest BCUT2D eigenvalue weighted by molar-refractivity contribution is 5.94. The molecule has 188 valence electrons. The molecule has 3 amide bonds. The number of hydrogen-bond donors (Lipinski definition) is 8. The molecule has 0 radical (unpaired) electrons. The van der Waals surface area contributed by atoms with Gasteiger partial charge in [-0.05, 0) is 31.7 Å². The zero-order valence-corrected chi connectivity index (χ0v) is 18.9. The van der Waals surface area contributed by atoms with Gasteiger partial charge in [-0.3, -0.25) is 24.2 Å². The van der Waals surface area contributed by atoms with Crippen LogP contribution in [0.2, 0.25) is 0 Å². The second-order valence-corrected chi connectivity index (χ2v) is 7.62. The molecule has 0 fully saturated rings. The van der Waals surface area contributed by atoms with Crippen molar-refractivity contribution >= 4 is 29.7 Å². The predicted molar refractivity (Wildman–Crippen MR) is 124 cm³/mol. The van der Waals surface area contributed by atoms with Gasteiger partial charge in [0, 0.05) is 6.54 Å². The third-order valence-corrected chi connectivity index (χ3v) is 4.76. The number of nitrogens with two attached hydrogens (primary N) is 3. The van der Waals surface area contributed by atoms with E-state index in [9.17, 15) is 24.3 Å². The minimum absolute atomic E-state index is 0.0698. The molecule has 1 aromatic carbocycles. The molecule has 0 aliphatic heterocycles. The average molecular weight is 480 g/mol. The maximum atomic E-state index is 12.7. The van der Waals surface area contributed by atoms with E-state index in [-0.39, 0.29) is 31.8 Å². The van der Waals surface area contributed by atoms with E-state index in [1.165, 1.54) is 6.92 Å². The first-order chi connectivity index (χ1) is 16.0. The van der Waals surface area contributed by atoms with Gasteiger partial charge < -0.3 is 43.4 Å². The van der Waals surface area contributed by atoms with Crippen LogP contribution in [0.1, 0.15) is 25.3 Å². The lowest BCUT2D eigenvalue weighted by Crippen LogP contribution is -2.58. The van der Waals surface area contributed by atoms with Gasteiger partial charge in [-0.25, -0.2) is 0 Å². The lowest BCUT2D eigenvalue weighted by Gasteiger charge is -2.23. The molecule has 34 heavy (non-hydrogen) atoms. The van der Waals surface area contributed by atoms with Crippen LogP contribution in [0, 0.1) is 0 Å². The number of guanidine groups is 1. The normalized spacial score (nSPS) is 14.1. The minimum Gasteiger partial charge on any atom is -0.480 e. The van der Waals surface area contributed by atoms with Gasteiger partial charge in [0.1, 0.15) is 18.1 Å². The number of aliphatic hydroxyl groups is 1. The van der Waals surface area contributed by atoms with Crippen LogP contribution < -0.4 is 33.2 Å². The van der Waals surface area contributed by atoms with Gasteiger partial charge in [-0.2, -0.15) is 0 Å². The molecule has 1 rings (SSSR count). The molecule has 13 nitrogen and oxygen atoms in total. The van der Waals surface area contributed by atoms with Crippen LogP contribution in [0.25, 0.3) is 0 Å². The van der Waals surface area contributed by atoms with Crippen molar-refractivity contribution in [3.8, 4) is 0 Å². The highest BCUT2D eigenvalue weighted by atomic mass is 16.4. The van der Waals surface area contributed by atoms with Gasteiger partial charge in [0.25, 0.3) is 0 Å². The molecule has 0 bridgehead atoms. The van der Waals surface area contributed by atoms with Gasteiger partial charge in [-0.1, -0.05) is 30.3 Å². The number of hydrogen-bond acceptors (Lipinski definition) is 7. The Morgan fingerprint density at radius 1 is 0.971 bits per heavy atom. The Kier molecular flexibility index (Phi) is 12.0. The third-order valence-electron chi connectivity index (χ3n) is 4.76. The first kappa shape index (κ1) is 28.3. The number of aliphatic carboxylic acids is 1. The summed E-state index contributed by atoms with van der Waals surface area (Å²) < 4.78 is 0. The molecule has 4 unspecified atom stereocenters. The number of nitrogens with one attached hydrogen (secondary N) is 3. The molecule has 0 aliphatic carbocycles. The third kappa shape index (κ3) is 10.3. The van der Waals surface area contributed by atoms with Crippen molar-refractivity contribution in [2.24, 2.45) is 22.2 Å². The number of aliphatic imine (C=N–C) groups is 1. The molecule has 11 N–H and O–H groups in total. The van der Waals surface area contributed by atoms with Crippen LogP contribution in [0.4, 0.5) is 0 Å². The topological polar surface area (TPSA) is 235 Å². The molecule has 0 spiro atoms. The maximum absolute atomic E-state index is 12.7. The van der Waals surface area contributed by atoms with E-state index in [0.29, 0.717) is 0 Å². The predicted octanol–water partition coefficient (Wildman–Crippen LogP) is -2.84. The summed E-state index contributed by atoms with van der Waals surface area (Å²) in [5.74, 6) is -3.65. The lowest BCUT2D eigenvalue weighted by molar-refractivity contribution is -0.141. The summed E-state index contributed by atoms with van der Waals surface area (Å²) in [6.07, 6.45) is 0.575. The fraction of sp³-hybridized carbons (Fsp3) is 0.476. The zero-order chi connectivity index (χ0) is 25.7. The minimum atomic E-state index is -1.38. The molecular formula is C21H33N7O6. The van der Waals surface area contributed by atoms with E-state index in [4.69, 9.17) is 22.3 Å². The van der Waals surface area contributed by atoms with Crippen molar-refractivity contribution in [3.05, 3.63) is 35.9 Å². The monoisotopic (exact) mass is 479 g/mol. The van der Waals surface area contributed by atoms with Crippen LogP contribution in [0.15, 0.2) is 35.3 Å². The first-order valence-electron chi connectivity index (χ1n) is 10.6. The number of carbonyl (C=O) groups is 4. The van der Waals surface area contributed by atoms with Crippen LogP contribution in [0.5, 0.6) is 0 Å². The SMILES string of the molecule is CC(NC(=O)C(CCCN=C(N)N)NC(=O)C(CO)NC(=O)C(N)Cc1ccccc1)C(=O)O. The van der Waals surface area contributed by atoms with E-state index in [1.54, 1.807) is 24.3 Å². The van der Waals surface area contributed by atoms with Crippen LogP contribution in [-0.2, 0) is 25.6 Å². The summed E-state index contributed by atoms with van der Waals surface area (Å²) in [5.41, 5.74) is 17.3. The van der Waals surface area contributed by atoms with E-state index in [2.05, 4.69) is 20.9 Å². The fourth-order valence-corrected chi connectivity index (χ4v) is 2.85. The van der Waals surface area contributed by atoms with Gasteiger partial charge in [0.2, 0.25) is 17.7 Å². The number of aliphatic hydroxyl groups excluding tert-OH is 1. The van der Waals surface area contributed by atoms with Crippen molar-refractivity contribution in [1.29, 1.82) is 0 Å². The number of amides is 3. The number of benzene rings is 1. The Hall–Kier alpha value is -3.71. The zero-order valence-electron chi connectivity index (χ0n) is 18.9. The smallest absolute Gasteiger partial charge is 0.325 e. The number of carbonyl (C=O) groups excluding carboxylic acids is 3. The Morgan fingerprint density at radius 3 is 2.12 bits per heavy atom. The lowest BCUT2D eigenvalue weighted by atomic mass is 10.1. The number of nitrogens with zero attached hydrogens (tertiary/aromatic N) is 1. The summed E-state index contributed by atoms with van der Waals surface area (Å²) >= 11 is 0. The molecule has 0 heterocycles. The van der Waals surface area contributed by atoms with E-state index < -0.39 is 54.5 Å². The second-order valence-electron chi connectivity index (χ2n) is 7.62. The summed E-state index contributed by atoms with van der Waals surface area (Å²) in [4.78, 5) is 52.5. The van der Waals surface area contributed by atoms with Crippen molar-refractivity contribution in [3.63, 3.8) is 0 Å². The van der Waals surface area contributed by atoms with Gasteiger partial charge in [0.05, 0.1) is 12.6 Å². The van der Waals surface area contributed by atoms with E-state index in [0.717, 1.165) is 5.56 Å². The van der Waals surface area contributed by atoms with Crippen molar-refractivity contribution < 1.29 is 29.4 Å². The molecule has 0 saturated heterocycles. The second kappa shape index (κ2) is 14.4. The van der Waals surface area contributed by atoms with Crippen molar-refractivity contribution in [2.45, 2.75) is 50.4 Å². The summed E-state index contributed by atoms with van der Waals surface area (Å²) in [6.45, 7) is 0.692. The molecule has 1 aromatic rings. The van der Waals surface area contributed by atoms with Crippen LogP contribution in [0.3, 0.4) is 0 Å². The number of carboxylic acid groups (broad SMARTS) is 1. The van der Waals surface area contributed by atoms with Gasteiger partial charge in [0.15, 0.2) is 5.96 Å². The Balaban J connectivity index is 2.80. The van der Waals surface area contributed by atoms with E-state index >= 15 is 0 Å². The number of rotatable bonds is 14. The first-order valence-corrected chi connectivity index (χ1v) is 10.6. The summed E-state index contributed by atoms with van der Waals surface area (Å²) in [7, 11) is 0.